The van der Waals surface area contributed by atoms with Crippen LogP contribution < -0.4 is 0 Å². The number of hydrogen-bond acceptors (Lipinski definition) is 5. The first-order chi connectivity index (χ1) is 12.1. The van der Waals surface area contributed by atoms with Crippen LogP contribution in [0.25, 0.3) is 11.1 Å². The number of nitrogens with zero attached hydrogens (tertiary/aromatic N) is 3. The minimum absolute atomic E-state index is 0.130. The van der Waals surface area contributed by atoms with Crippen LogP contribution in [-0.2, 0) is 11.2 Å². The molecular weight excluding hydrogens is 318 g/mol. The Kier molecular flexibility index (Phi) is 4.03. The summed E-state index contributed by atoms with van der Waals surface area (Å²) < 4.78 is 11.0. The predicted molar refractivity (Wildman–Crippen MR) is 92.2 cm³/mol. The molecule has 0 spiro atoms. The molecule has 4 rings (SSSR count). The van der Waals surface area contributed by atoms with Crippen LogP contribution in [0.5, 0.6) is 0 Å². The molecule has 0 saturated carbocycles. The Labute approximate surface area is 145 Å². The van der Waals surface area contributed by atoms with Crippen LogP contribution in [0.4, 0.5) is 0 Å². The van der Waals surface area contributed by atoms with Gasteiger partial charge in [-0.15, -0.1) is 0 Å². The van der Waals surface area contributed by atoms with Gasteiger partial charge >= 0.3 is 0 Å². The summed E-state index contributed by atoms with van der Waals surface area (Å²) in [4.78, 5) is 19.1. The average molecular weight is 339 g/mol. The lowest BCUT2D eigenvalue weighted by molar-refractivity contribution is -0.131. The molecule has 6 nitrogen and oxygen atoms in total. The summed E-state index contributed by atoms with van der Waals surface area (Å²) in [6.07, 6.45) is 2.11. The quantitative estimate of drug-likeness (QED) is 0.731. The number of rotatable bonds is 3. The van der Waals surface area contributed by atoms with Crippen molar-refractivity contribution in [3.63, 3.8) is 0 Å². The van der Waals surface area contributed by atoms with Crippen molar-refractivity contribution in [2.75, 3.05) is 13.1 Å². The normalized spacial score (nSPS) is 15.8. The summed E-state index contributed by atoms with van der Waals surface area (Å²) in [5.41, 5.74) is 3.43. The zero-order valence-electron chi connectivity index (χ0n) is 14.5. The second kappa shape index (κ2) is 6.35. The third kappa shape index (κ3) is 3.04. The largest absolute Gasteiger partial charge is 0.440 e. The molecule has 130 valence electrons. The second-order valence-corrected chi connectivity index (χ2v) is 6.65. The van der Waals surface area contributed by atoms with Crippen molar-refractivity contribution >= 4 is 17.0 Å². The number of hydrogen-bond donors (Lipinski definition) is 0. The van der Waals surface area contributed by atoms with Crippen molar-refractivity contribution in [2.45, 2.75) is 39.0 Å². The molecular formula is C19H21N3O3. The van der Waals surface area contributed by atoms with Crippen molar-refractivity contribution in [1.29, 1.82) is 0 Å². The van der Waals surface area contributed by atoms with Gasteiger partial charge in [0.25, 0.3) is 0 Å². The maximum Gasteiger partial charge on any atom is 0.227 e. The summed E-state index contributed by atoms with van der Waals surface area (Å²) in [5, 5.41) is 3.92. The lowest BCUT2D eigenvalue weighted by atomic mass is 9.96. The molecule has 1 aromatic carbocycles. The molecule has 1 saturated heterocycles. The van der Waals surface area contributed by atoms with Crippen LogP contribution >= 0.6 is 0 Å². The van der Waals surface area contributed by atoms with E-state index in [0.717, 1.165) is 59.9 Å². The van der Waals surface area contributed by atoms with E-state index in [0.29, 0.717) is 6.42 Å². The van der Waals surface area contributed by atoms with Gasteiger partial charge in [0.05, 0.1) is 12.1 Å². The zero-order valence-corrected chi connectivity index (χ0v) is 14.5. The summed E-state index contributed by atoms with van der Waals surface area (Å²) in [5.74, 6) is 1.92. The van der Waals surface area contributed by atoms with Crippen molar-refractivity contribution in [1.82, 2.24) is 15.0 Å². The van der Waals surface area contributed by atoms with Gasteiger partial charge in [-0.1, -0.05) is 17.3 Å². The Morgan fingerprint density at radius 1 is 1.24 bits per heavy atom. The summed E-state index contributed by atoms with van der Waals surface area (Å²) in [7, 11) is 0. The van der Waals surface area contributed by atoms with E-state index in [-0.39, 0.29) is 11.8 Å². The van der Waals surface area contributed by atoms with E-state index in [1.165, 1.54) is 0 Å². The number of para-hydroxylation sites is 2. The standard InChI is InChI=1S/C19H21N3O3/c1-12-15(13(2)25-21-12)11-18(23)22-9-7-14(8-10-22)19-20-16-5-3-4-6-17(16)24-19/h3-6,14H,7-11H2,1-2H3. The highest BCUT2D eigenvalue weighted by molar-refractivity contribution is 5.79. The predicted octanol–water partition coefficient (Wildman–Crippen LogP) is 3.38. The van der Waals surface area contributed by atoms with Crippen molar-refractivity contribution in [2.24, 2.45) is 0 Å². The molecule has 0 atom stereocenters. The summed E-state index contributed by atoms with van der Waals surface area (Å²) in [6.45, 7) is 5.18. The molecule has 0 aliphatic carbocycles. The highest BCUT2D eigenvalue weighted by Gasteiger charge is 2.27. The number of likely N-dealkylation sites (tertiary alicyclic amines) is 1. The van der Waals surface area contributed by atoms with E-state index >= 15 is 0 Å². The number of carbonyl (C=O) groups is 1. The minimum atomic E-state index is 0.130. The van der Waals surface area contributed by atoms with E-state index in [2.05, 4.69) is 10.1 Å². The molecule has 6 heteroatoms. The van der Waals surface area contributed by atoms with E-state index < -0.39 is 0 Å². The monoisotopic (exact) mass is 339 g/mol. The second-order valence-electron chi connectivity index (χ2n) is 6.65. The molecule has 3 heterocycles. The molecule has 0 radical (unpaired) electrons. The van der Waals surface area contributed by atoms with Crippen molar-refractivity contribution in [3.8, 4) is 0 Å². The summed E-state index contributed by atoms with van der Waals surface area (Å²) >= 11 is 0. The van der Waals surface area contributed by atoms with E-state index in [4.69, 9.17) is 8.94 Å². The first kappa shape index (κ1) is 15.9. The maximum atomic E-state index is 12.6. The lowest BCUT2D eigenvalue weighted by Gasteiger charge is -2.30. The highest BCUT2D eigenvalue weighted by Crippen LogP contribution is 2.30. The molecule has 3 aromatic rings. The van der Waals surface area contributed by atoms with Crippen molar-refractivity contribution in [3.05, 3.63) is 47.2 Å². The lowest BCUT2D eigenvalue weighted by Crippen LogP contribution is -2.39. The molecule has 0 unspecified atom stereocenters. The zero-order chi connectivity index (χ0) is 17.4. The van der Waals surface area contributed by atoms with Crippen LogP contribution in [-0.4, -0.2) is 34.0 Å². The van der Waals surface area contributed by atoms with Gasteiger partial charge in [0.15, 0.2) is 11.5 Å². The number of amides is 1. The fraction of sp³-hybridized carbons (Fsp3) is 0.421. The van der Waals surface area contributed by atoms with Crippen LogP contribution in [0.2, 0.25) is 0 Å². The number of oxazole rings is 1. The minimum Gasteiger partial charge on any atom is -0.440 e. The number of aryl methyl sites for hydroxylation is 2. The molecule has 0 bridgehead atoms. The number of piperidine rings is 1. The fourth-order valence-corrected chi connectivity index (χ4v) is 3.46. The number of fused-ring (bicyclic) bond motifs is 1. The van der Waals surface area contributed by atoms with Crippen LogP contribution in [0.3, 0.4) is 0 Å². The number of aromatic nitrogens is 2. The van der Waals surface area contributed by atoms with E-state index in [1.54, 1.807) is 0 Å². The Bertz CT molecular complexity index is 851. The van der Waals surface area contributed by atoms with Crippen LogP contribution in [0.1, 0.15) is 41.7 Å². The first-order valence-electron chi connectivity index (χ1n) is 8.67. The molecule has 1 fully saturated rings. The Balaban J connectivity index is 1.40. The third-order valence-corrected chi connectivity index (χ3v) is 5.02. The van der Waals surface area contributed by atoms with E-state index in [9.17, 15) is 4.79 Å². The number of carbonyl (C=O) groups excluding carboxylic acids is 1. The molecule has 25 heavy (non-hydrogen) atoms. The highest BCUT2D eigenvalue weighted by atomic mass is 16.5. The Morgan fingerprint density at radius 2 is 2.00 bits per heavy atom. The maximum absolute atomic E-state index is 12.6. The topological polar surface area (TPSA) is 72.4 Å². The summed E-state index contributed by atoms with van der Waals surface area (Å²) in [6, 6.07) is 7.82. The average Bonchev–Trinajstić information content (AvgIpc) is 3.20. The molecule has 1 amide bonds. The van der Waals surface area contributed by atoms with Crippen LogP contribution in [0, 0.1) is 13.8 Å². The van der Waals surface area contributed by atoms with Gasteiger partial charge in [0.1, 0.15) is 11.3 Å². The molecule has 1 aliphatic heterocycles. The van der Waals surface area contributed by atoms with Gasteiger partial charge in [-0.3, -0.25) is 4.79 Å². The fourth-order valence-electron chi connectivity index (χ4n) is 3.46. The van der Waals surface area contributed by atoms with Gasteiger partial charge in [0.2, 0.25) is 5.91 Å². The Hall–Kier alpha value is -2.63. The SMILES string of the molecule is Cc1noc(C)c1CC(=O)N1CCC(c2nc3ccccc3o2)CC1. The third-order valence-electron chi connectivity index (χ3n) is 5.02. The smallest absolute Gasteiger partial charge is 0.227 e. The van der Waals surface area contributed by atoms with Gasteiger partial charge in [-0.25, -0.2) is 4.98 Å². The van der Waals surface area contributed by atoms with Gasteiger partial charge in [-0.05, 0) is 38.8 Å². The molecule has 0 N–H and O–H groups in total. The van der Waals surface area contributed by atoms with Crippen LogP contribution in [0.15, 0.2) is 33.2 Å². The van der Waals surface area contributed by atoms with Crippen molar-refractivity contribution < 1.29 is 13.7 Å². The molecule has 1 aliphatic rings. The van der Waals surface area contributed by atoms with E-state index in [1.807, 2.05) is 43.0 Å². The first-order valence-corrected chi connectivity index (χ1v) is 8.67. The molecule has 2 aromatic heterocycles. The van der Waals surface area contributed by atoms with Gasteiger partial charge < -0.3 is 13.8 Å². The van der Waals surface area contributed by atoms with Gasteiger partial charge in [-0.2, -0.15) is 0 Å². The Morgan fingerprint density at radius 3 is 2.68 bits per heavy atom. The number of benzene rings is 1. The van der Waals surface area contributed by atoms with Gasteiger partial charge in [0, 0.05) is 24.6 Å².